The van der Waals surface area contributed by atoms with Gasteiger partial charge in [-0.05, 0) is 43.5 Å². The second kappa shape index (κ2) is 8.76. The zero-order valence-corrected chi connectivity index (χ0v) is 13.3. The molecule has 1 aliphatic heterocycles. The van der Waals surface area contributed by atoms with Crippen molar-refractivity contribution in [3.05, 3.63) is 29.8 Å². The molecule has 1 amide bonds. The molecule has 1 unspecified atom stereocenters. The monoisotopic (exact) mass is 306 g/mol. The molecule has 1 atom stereocenters. The molecule has 2 rings (SSSR count). The molecule has 22 heavy (non-hydrogen) atoms. The minimum absolute atomic E-state index is 0.000213. The number of hydrogen-bond donors (Lipinski definition) is 2. The van der Waals surface area contributed by atoms with E-state index in [1.165, 1.54) is 0 Å². The smallest absolute Gasteiger partial charge is 0.234 e. The molecule has 1 aromatic carbocycles. The van der Waals surface area contributed by atoms with Gasteiger partial charge in [0.15, 0.2) is 0 Å². The molecular formula is C17H26N2O3. The van der Waals surface area contributed by atoms with Crippen molar-refractivity contribution in [2.75, 3.05) is 26.3 Å². The average molecular weight is 306 g/mol. The molecule has 0 saturated carbocycles. The van der Waals surface area contributed by atoms with E-state index in [2.05, 4.69) is 17.1 Å². The maximum Gasteiger partial charge on any atom is 0.234 e. The SMILES string of the molecule is CCCOc1cccc(CNC(=O)CN2CCCC2CO)c1. The lowest BCUT2D eigenvalue weighted by Gasteiger charge is -2.21. The number of ether oxygens (including phenoxy) is 1. The molecule has 0 spiro atoms. The third kappa shape index (κ3) is 5.00. The molecule has 1 aliphatic rings. The second-order valence-electron chi connectivity index (χ2n) is 5.72. The molecule has 1 fully saturated rings. The Kier molecular flexibility index (Phi) is 6.68. The van der Waals surface area contributed by atoms with Gasteiger partial charge in [-0.15, -0.1) is 0 Å². The van der Waals surface area contributed by atoms with Crippen LogP contribution in [0, 0.1) is 0 Å². The van der Waals surface area contributed by atoms with E-state index in [-0.39, 0.29) is 18.6 Å². The van der Waals surface area contributed by atoms with Crippen molar-refractivity contribution in [2.24, 2.45) is 0 Å². The van der Waals surface area contributed by atoms with Gasteiger partial charge in [0.1, 0.15) is 5.75 Å². The van der Waals surface area contributed by atoms with Crippen LogP contribution in [0.3, 0.4) is 0 Å². The normalized spacial score (nSPS) is 18.4. The van der Waals surface area contributed by atoms with E-state index in [0.29, 0.717) is 19.7 Å². The summed E-state index contributed by atoms with van der Waals surface area (Å²) >= 11 is 0. The molecule has 2 N–H and O–H groups in total. The summed E-state index contributed by atoms with van der Waals surface area (Å²) in [6.07, 6.45) is 3.00. The number of aliphatic hydroxyl groups excluding tert-OH is 1. The highest BCUT2D eigenvalue weighted by Gasteiger charge is 2.25. The van der Waals surface area contributed by atoms with Crippen LogP contribution in [0.4, 0.5) is 0 Å². The summed E-state index contributed by atoms with van der Waals surface area (Å²) in [5.41, 5.74) is 1.03. The van der Waals surface area contributed by atoms with Gasteiger partial charge in [0, 0.05) is 12.6 Å². The van der Waals surface area contributed by atoms with E-state index in [1.807, 2.05) is 24.3 Å². The van der Waals surface area contributed by atoms with E-state index in [1.54, 1.807) is 0 Å². The largest absolute Gasteiger partial charge is 0.494 e. The molecule has 0 radical (unpaired) electrons. The highest BCUT2D eigenvalue weighted by atomic mass is 16.5. The van der Waals surface area contributed by atoms with Crippen LogP contribution in [0.15, 0.2) is 24.3 Å². The first-order valence-corrected chi connectivity index (χ1v) is 8.06. The Labute approximate surface area is 132 Å². The lowest BCUT2D eigenvalue weighted by Crippen LogP contribution is -2.40. The van der Waals surface area contributed by atoms with Gasteiger partial charge >= 0.3 is 0 Å². The molecule has 0 aliphatic carbocycles. The molecule has 5 nitrogen and oxygen atoms in total. The molecule has 0 bridgehead atoms. The Morgan fingerprint density at radius 2 is 2.36 bits per heavy atom. The molecule has 1 heterocycles. The number of nitrogens with one attached hydrogen (secondary N) is 1. The fourth-order valence-electron chi connectivity index (χ4n) is 2.72. The van der Waals surface area contributed by atoms with Crippen LogP contribution in [0.5, 0.6) is 5.75 Å². The molecule has 0 aromatic heterocycles. The number of carbonyl (C=O) groups is 1. The molecule has 1 aromatic rings. The standard InChI is InChI=1S/C17H26N2O3/c1-2-9-22-16-7-3-5-14(10-16)11-18-17(21)12-19-8-4-6-15(19)13-20/h3,5,7,10,15,20H,2,4,6,8-9,11-13H2,1H3,(H,18,21). The van der Waals surface area contributed by atoms with Gasteiger partial charge in [0.2, 0.25) is 5.91 Å². The molecule has 1 saturated heterocycles. The summed E-state index contributed by atoms with van der Waals surface area (Å²) in [4.78, 5) is 14.1. The van der Waals surface area contributed by atoms with Gasteiger partial charge in [-0.3, -0.25) is 9.69 Å². The lowest BCUT2D eigenvalue weighted by atomic mass is 10.2. The first-order valence-electron chi connectivity index (χ1n) is 8.06. The summed E-state index contributed by atoms with van der Waals surface area (Å²) in [6.45, 7) is 4.65. The van der Waals surface area contributed by atoms with E-state index in [0.717, 1.165) is 37.1 Å². The van der Waals surface area contributed by atoms with Gasteiger partial charge in [-0.25, -0.2) is 0 Å². The minimum atomic E-state index is 0.000213. The zero-order chi connectivity index (χ0) is 15.8. The summed E-state index contributed by atoms with van der Waals surface area (Å²) in [7, 11) is 0. The van der Waals surface area contributed by atoms with Crippen LogP contribution in [0.2, 0.25) is 0 Å². The van der Waals surface area contributed by atoms with E-state index in [4.69, 9.17) is 4.74 Å². The fourth-order valence-corrected chi connectivity index (χ4v) is 2.72. The van der Waals surface area contributed by atoms with Gasteiger partial charge < -0.3 is 15.2 Å². The summed E-state index contributed by atoms with van der Waals surface area (Å²) < 4.78 is 5.59. The highest BCUT2D eigenvalue weighted by Crippen LogP contribution is 2.16. The number of benzene rings is 1. The number of hydrogen-bond acceptors (Lipinski definition) is 4. The van der Waals surface area contributed by atoms with Crippen molar-refractivity contribution in [1.82, 2.24) is 10.2 Å². The zero-order valence-electron chi connectivity index (χ0n) is 13.3. The van der Waals surface area contributed by atoms with Crippen molar-refractivity contribution in [2.45, 2.75) is 38.8 Å². The van der Waals surface area contributed by atoms with Crippen molar-refractivity contribution in [3.8, 4) is 5.75 Å². The molecular weight excluding hydrogens is 280 g/mol. The Hall–Kier alpha value is -1.59. The average Bonchev–Trinajstić information content (AvgIpc) is 2.98. The third-order valence-corrected chi connectivity index (χ3v) is 3.92. The van der Waals surface area contributed by atoms with Crippen LogP contribution < -0.4 is 10.1 Å². The second-order valence-corrected chi connectivity index (χ2v) is 5.72. The fraction of sp³-hybridized carbons (Fsp3) is 0.588. The van der Waals surface area contributed by atoms with Crippen LogP contribution in [-0.2, 0) is 11.3 Å². The van der Waals surface area contributed by atoms with Crippen LogP contribution in [-0.4, -0.2) is 48.3 Å². The minimum Gasteiger partial charge on any atom is -0.494 e. The number of aliphatic hydroxyl groups is 1. The number of amides is 1. The van der Waals surface area contributed by atoms with Crippen LogP contribution in [0.25, 0.3) is 0 Å². The third-order valence-electron chi connectivity index (χ3n) is 3.92. The predicted molar refractivity (Wildman–Crippen MR) is 85.8 cm³/mol. The summed E-state index contributed by atoms with van der Waals surface area (Å²) in [6, 6.07) is 7.94. The van der Waals surface area contributed by atoms with Crippen molar-refractivity contribution in [1.29, 1.82) is 0 Å². The Morgan fingerprint density at radius 3 is 3.14 bits per heavy atom. The van der Waals surface area contributed by atoms with Crippen molar-refractivity contribution < 1.29 is 14.6 Å². The van der Waals surface area contributed by atoms with Crippen LogP contribution in [0.1, 0.15) is 31.7 Å². The summed E-state index contributed by atoms with van der Waals surface area (Å²) in [5, 5.41) is 12.2. The predicted octanol–water partition coefficient (Wildman–Crippen LogP) is 1.55. The first-order chi connectivity index (χ1) is 10.7. The Balaban J connectivity index is 1.78. The van der Waals surface area contributed by atoms with E-state index in [9.17, 15) is 9.90 Å². The Bertz CT molecular complexity index is 479. The van der Waals surface area contributed by atoms with Gasteiger partial charge in [-0.2, -0.15) is 0 Å². The first kappa shape index (κ1) is 16.8. The topological polar surface area (TPSA) is 61.8 Å². The van der Waals surface area contributed by atoms with E-state index >= 15 is 0 Å². The maximum atomic E-state index is 12.0. The molecule has 5 heteroatoms. The number of carbonyl (C=O) groups excluding carboxylic acids is 1. The van der Waals surface area contributed by atoms with Gasteiger partial charge in [0.25, 0.3) is 0 Å². The maximum absolute atomic E-state index is 12.0. The van der Waals surface area contributed by atoms with Gasteiger partial charge in [0.05, 0.1) is 19.8 Å². The number of rotatable bonds is 8. The van der Waals surface area contributed by atoms with Crippen molar-refractivity contribution in [3.63, 3.8) is 0 Å². The lowest BCUT2D eigenvalue weighted by molar-refractivity contribution is -0.122. The summed E-state index contributed by atoms with van der Waals surface area (Å²) in [5.74, 6) is 0.841. The number of likely N-dealkylation sites (tertiary alicyclic amines) is 1. The van der Waals surface area contributed by atoms with Crippen LogP contribution >= 0.6 is 0 Å². The van der Waals surface area contributed by atoms with Crippen molar-refractivity contribution >= 4 is 5.91 Å². The quantitative estimate of drug-likeness (QED) is 0.765. The Morgan fingerprint density at radius 1 is 1.50 bits per heavy atom. The van der Waals surface area contributed by atoms with Gasteiger partial charge in [-0.1, -0.05) is 19.1 Å². The van der Waals surface area contributed by atoms with E-state index < -0.39 is 0 Å². The highest BCUT2D eigenvalue weighted by molar-refractivity contribution is 5.78. The molecule has 122 valence electrons. The number of nitrogens with zero attached hydrogens (tertiary/aromatic N) is 1.